The van der Waals surface area contributed by atoms with Crippen molar-refractivity contribution in [2.75, 3.05) is 42.9 Å². The number of hydrogen-bond donors (Lipinski definition) is 1. The molecule has 2 aromatic rings. The second-order valence-corrected chi connectivity index (χ2v) is 6.44. The number of nitrogens with zero attached hydrogens (tertiary/aromatic N) is 3. The fourth-order valence-electron chi connectivity index (χ4n) is 3.13. The maximum atomic E-state index is 13.2. The molecule has 1 amide bonds. The number of nitro groups is 1. The average molecular weight is 390 g/mol. The van der Waals surface area contributed by atoms with Gasteiger partial charge in [0.15, 0.2) is 0 Å². The summed E-state index contributed by atoms with van der Waals surface area (Å²) in [5.74, 6) is -1.03. The molecule has 1 N–H and O–H groups in total. The Morgan fingerprint density at radius 3 is 2.32 bits per heavy atom. The fourth-order valence-corrected chi connectivity index (χ4v) is 3.13. The Morgan fingerprint density at radius 1 is 1.04 bits per heavy atom. The second-order valence-electron chi connectivity index (χ2n) is 6.44. The van der Waals surface area contributed by atoms with Crippen LogP contribution >= 0.6 is 0 Å². The SMILES string of the molecule is O=C(CCNc1ccc(F)cc1[N+](=O)[O-])N1CCN(c2ccc(F)cc2)CC1. The summed E-state index contributed by atoms with van der Waals surface area (Å²) in [6.45, 7) is 2.60. The van der Waals surface area contributed by atoms with Crippen molar-refractivity contribution in [2.45, 2.75) is 6.42 Å². The molecule has 0 unspecified atom stereocenters. The largest absolute Gasteiger partial charge is 0.379 e. The normalized spacial score (nSPS) is 14.1. The van der Waals surface area contributed by atoms with Crippen LogP contribution < -0.4 is 10.2 Å². The summed E-state index contributed by atoms with van der Waals surface area (Å²) >= 11 is 0. The van der Waals surface area contributed by atoms with Crippen LogP contribution in [0.5, 0.6) is 0 Å². The van der Waals surface area contributed by atoms with Crippen LogP contribution in [-0.4, -0.2) is 48.5 Å². The first kappa shape index (κ1) is 19.5. The number of carbonyl (C=O) groups excluding carboxylic acids is 1. The molecule has 2 aromatic carbocycles. The number of rotatable bonds is 6. The molecule has 9 heteroatoms. The van der Waals surface area contributed by atoms with Gasteiger partial charge in [0.1, 0.15) is 17.3 Å². The minimum atomic E-state index is -0.688. The van der Waals surface area contributed by atoms with E-state index in [1.54, 1.807) is 17.0 Å². The van der Waals surface area contributed by atoms with E-state index in [-0.39, 0.29) is 36.1 Å². The third kappa shape index (κ3) is 4.73. The van der Waals surface area contributed by atoms with Gasteiger partial charge in [-0.3, -0.25) is 14.9 Å². The Kier molecular flexibility index (Phi) is 6.03. The number of nitro benzene ring substituents is 1. The Balaban J connectivity index is 1.48. The molecular weight excluding hydrogens is 370 g/mol. The number of amides is 1. The zero-order valence-corrected chi connectivity index (χ0v) is 15.1. The first-order valence-corrected chi connectivity index (χ1v) is 8.90. The van der Waals surface area contributed by atoms with Gasteiger partial charge in [-0.1, -0.05) is 0 Å². The van der Waals surface area contributed by atoms with Crippen molar-refractivity contribution in [3.05, 3.63) is 64.2 Å². The molecule has 1 aliphatic heterocycles. The molecule has 148 valence electrons. The van der Waals surface area contributed by atoms with Gasteiger partial charge in [-0.15, -0.1) is 0 Å². The number of halogens is 2. The maximum Gasteiger partial charge on any atom is 0.295 e. The van der Waals surface area contributed by atoms with Crippen LogP contribution in [0, 0.1) is 21.7 Å². The molecule has 0 radical (unpaired) electrons. The summed E-state index contributed by atoms with van der Waals surface area (Å²) in [6, 6.07) is 9.52. The molecule has 0 atom stereocenters. The molecule has 28 heavy (non-hydrogen) atoms. The van der Waals surface area contributed by atoms with E-state index in [0.29, 0.717) is 26.2 Å². The van der Waals surface area contributed by atoms with E-state index in [2.05, 4.69) is 10.2 Å². The molecule has 0 bridgehead atoms. The minimum absolute atomic E-state index is 0.0592. The zero-order chi connectivity index (χ0) is 20.1. The van der Waals surface area contributed by atoms with E-state index in [9.17, 15) is 23.7 Å². The fraction of sp³-hybridized carbons (Fsp3) is 0.316. The summed E-state index contributed by atoms with van der Waals surface area (Å²) in [7, 11) is 0. The van der Waals surface area contributed by atoms with Crippen LogP contribution in [0.15, 0.2) is 42.5 Å². The molecule has 7 nitrogen and oxygen atoms in total. The number of anilines is 2. The summed E-state index contributed by atoms with van der Waals surface area (Å²) in [4.78, 5) is 26.5. The highest BCUT2D eigenvalue weighted by molar-refractivity contribution is 5.77. The molecule has 1 saturated heterocycles. The quantitative estimate of drug-likeness (QED) is 0.606. The molecule has 0 aromatic heterocycles. The van der Waals surface area contributed by atoms with Crippen LogP contribution in [0.3, 0.4) is 0 Å². The number of hydrogen-bond acceptors (Lipinski definition) is 5. The zero-order valence-electron chi connectivity index (χ0n) is 15.1. The molecular formula is C19H20F2N4O3. The second kappa shape index (κ2) is 8.64. The lowest BCUT2D eigenvalue weighted by Gasteiger charge is -2.36. The van der Waals surface area contributed by atoms with E-state index in [1.807, 2.05) is 0 Å². The van der Waals surface area contributed by atoms with Crippen molar-refractivity contribution in [2.24, 2.45) is 0 Å². The maximum absolute atomic E-state index is 13.2. The standard InChI is InChI=1S/C19H20F2N4O3/c20-14-1-4-16(5-2-14)23-9-11-24(12-10-23)19(26)7-8-22-17-6-3-15(21)13-18(17)25(27)28/h1-6,13,22H,7-12H2. The summed E-state index contributed by atoms with van der Waals surface area (Å²) in [6.07, 6.45) is 0.172. The van der Waals surface area contributed by atoms with Gasteiger partial charge in [0.2, 0.25) is 5.91 Å². The van der Waals surface area contributed by atoms with Crippen LogP contribution in [-0.2, 0) is 4.79 Å². The van der Waals surface area contributed by atoms with Gasteiger partial charge in [-0.25, -0.2) is 8.78 Å². The Hall–Kier alpha value is -3.23. The average Bonchev–Trinajstić information content (AvgIpc) is 2.69. The molecule has 0 aliphatic carbocycles. The van der Waals surface area contributed by atoms with Crippen LogP contribution in [0.4, 0.5) is 25.8 Å². The summed E-state index contributed by atoms with van der Waals surface area (Å²) in [5.41, 5.74) is 0.736. The van der Waals surface area contributed by atoms with Crippen molar-refractivity contribution >= 4 is 23.0 Å². The monoisotopic (exact) mass is 390 g/mol. The Bertz CT molecular complexity index is 853. The van der Waals surface area contributed by atoms with Crippen LogP contribution in [0.2, 0.25) is 0 Å². The van der Waals surface area contributed by atoms with Crippen molar-refractivity contribution < 1.29 is 18.5 Å². The third-order valence-corrected chi connectivity index (χ3v) is 4.63. The highest BCUT2D eigenvalue weighted by Crippen LogP contribution is 2.25. The van der Waals surface area contributed by atoms with Gasteiger partial charge in [-0.05, 0) is 36.4 Å². The van der Waals surface area contributed by atoms with Gasteiger partial charge in [0, 0.05) is 44.8 Å². The third-order valence-electron chi connectivity index (χ3n) is 4.63. The van der Waals surface area contributed by atoms with E-state index >= 15 is 0 Å². The van der Waals surface area contributed by atoms with Gasteiger partial charge in [0.25, 0.3) is 5.69 Å². The van der Waals surface area contributed by atoms with E-state index in [0.717, 1.165) is 17.8 Å². The summed E-state index contributed by atoms with van der Waals surface area (Å²) in [5, 5.41) is 13.8. The number of piperazine rings is 1. The molecule has 1 aliphatic rings. The lowest BCUT2D eigenvalue weighted by Crippen LogP contribution is -2.49. The van der Waals surface area contributed by atoms with Crippen molar-refractivity contribution in [3.8, 4) is 0 Å². The van der Waals surface area contributed by atoms with Gasteiger partial charge >= 0.3 is 0 Å². The van der Waals surface area contributed by atoms with Crippen LogP contribution in [0.25, 0.3) is 0 Å². The molecule has 3 rings (SSSR count). The Labute approximate surface area is 160 Å². The van der Waals surface area contributed by atoms with Crippen LogP contribution in [0.1, 0.15) is 6.42 Å². The lowest BCUT2D eigenvalue weighted by atomic mass is 10.2. The molecule has 1 fully saturated rings. The highest BCUT2D eigenvalue weighted by Gasteiger charge is 2.21. The topological polar surface area (TPSA) is 78.7 Å². The van der Waals surface area contributed by atoms with Crippen molar-refractivity contribution in [1.82, 2.24) is 4.90 Å². The van der Waals surface area contributed by atoms with Gasteiger partial charge in [0.05, 0.1) is 11.0 Å². The van der Waals surface area contributed by atoms with Crippen molar-refractivity contribution in [1.29, 1.82) is 0 Å². The first-order valence-electron chi connectivity index (χ1n) is 8.90. The minimum Gasteiger partial charge on any atom is -0.379 e. The highest BCUT2D eigenvalue weighted by atomic mass is 19.1. The molecule has 0 spiro atoms. The van der Waals surface area contributed by atoms with E-state index in [4.69, 9.17) is 0 Å². The first-order chi connectivity index (χ1) is 13.4. The Morgan fingerprint density at radius 2 is 1.68 bits per heavy atom. The van der Waals surface area contributed by atoms with E-state index < -0.39 is 10.7 Å². The number of carbonyl (C=O) groups is 1. The predicted octanol–water partition coefficient (Wildman–Crippen LogP) is 3.02. The number of nitrogens with one attached hydrogen (secondary N) is 1. The molecule has 0 saturated carbocycles. The van der Waals surface area contributed by atoms with Gasteiger partial charge < -0.3 is 15.1 Å². The van der Waals surface area contributed by atoms with E-state index in [1.165, 1.54) is 18.2 Å². The smallest absolute Gasteiger partial charge is 0.295 e. The predicted molar refractivity (Wildman–Crippen MR) is 101 cm³/mol. The number of benzene rings is 2. The summed E-state index contributed by atoms with van der Waals surface area (Å²) < 4.78 is 26.2. The van der Waals surface area contributed by atoms with Crippen molar-refractivity contribution in [3.63, 3.8) is 0 Å². The van der Waals surface area contributed by atoms with Gasteiger partial charge in [-0.2, -0.15) is 0 Å². The molecule has 1 heterocycles. The lowest BCUT2D eigenvalue weighted by molar-refractivity contribution is -0.384.